The Balaban J connectivity index is 1.88. The average Bonchev–Trinajstić information content (AvgIpc) is 2.78. The van der Waals surface area contributed by atoms with E-state index in [1.807, 2.05) is 17.5 Å². The molecule has 2 rings (SSSR count). The van der Waals surface area contributed by atoms with Gasteiger partial charge in [-0.1, -0.05) is 13.8 Å². The molecular weight excluding hydrogens is 230 g/mol. The summed E-state index contributed by atoms with van der Waals surface area (Å²) in [6, 6.07) is 0. The quantitative estimate of drug-likeness (QED) is 0.818. The maximum absolute atomic E-state index is 4.56. The normalized spacial score (nSPS) is 20.8. The second kappa shape index (κ2) is 6.36. The molecule has 1 aliphatic heterocycles. The van der Waals surface area contributed by atoms with Gasteiger partial charge in [-0.25, -0.2) is 4.98 Å². The third-order valence-corrected chi connectivity index (χ3v) is 4.25. The smallest absolute Gasteiger partial charge is 0.185 e. The molecule has 1 N–H and O–H groups in total. The van der Waals surface area contributed by atoms with Gasteiger partial charge >= 0.3 is 0 Å². The molecule has 1 unspecified atom stereocenters. The molecule has 1 fully saturated rings. The summed E-state index contributed by atoms with van der Waals surface area (Å²) in [6.07, 6.45) is 5.90. The molecule has 2 heterocycles. The molecule has 3 nitrogen and oxygen atoms in total. The van der Waals surface area contributed by atoms with Crippen LogP contribution in [-0.4, -0.2) is 24.6 Å². The van der Waals surface area contributed by atoms with Crippen molar-refractivity contribution in [2.45, 2.75) is 39.7 Å². The fourth-order valence-electron chi connectivity index (χ4n) is 2.28. The number of thiazole rings is 1. The first-order chi connectivity index (χ1) is 8.29. The standard InChI is InChI=1S/C13H23N3S/c1-3-6-14-8-12-9-15-13(17-12)16-7-4-5-11(2)10-16/h9,11,14H,3-8,10H2,1-2H3. The number of hydrogen-bond donors (Lipinski definition) is 1. The fourth-order valence-corrected chi connectivity index (χ4v) is 3.19. The van der Waals surface area contributed by atoms with Crippen LogP contribution in [0.2, 0.25) is 0 Å². The number of nitrogens with one attached hydrogen (secondary N) is 1. The molecule has 1 aromatic heterocycles. The number of piperidine rings is 1. The van der Waals surface area contributed by atoms with E-state index in [0.29, 0.717) is 0 Å². The van der Waals surface area contributed by atoms with Gasteiger partial charge < -0.3 is 10.2 Å². The number of rotatable bonds is 5. The monoisotopic (exact) mass is 253 g/mol. The highest BCUT2D eigenvalue weighted by Gasteiger charge is 2.18. The van der Waals surface area contributed by atoms with Gasteiger partial charge in [0, 0.05) is 30.7 Å². The van der Waals surface area contributed by atoms with Gasteiger partial charge in [0.25, 0.3) is 0 Å². The van der Waals surface area contributed by atoms with Crippen molar-refractivity contribution >= 4 is 16.5 Å². The highest BCUT2D eigenvalue weighted by Crippen LogP contribution is 2.27. The van der Waals surface area contributed by atoms with Gasteiger partial charge in [-0.05, 0) is 31.7 Å². The van der Waals surface area contributed by atoms with Crippen molar-refractivity contribution in [1.82, 2.24) is 10.3 Å². The minimum Gasteiger partial charge on any atom is -0.348 e. The van der Waals surface area contributed by atoms with E-state index in [9.17, 15) is 0 Å². The predicted octanol–water partition coefficient (Wildman–Crippen LogP) is 2.88. The second-order valence-corrected chi connectivity index (χ2v) is 6.07. The third-order valence-electron chi connectivity index (χ3n) is 3.19. The highest BCUT2D eigenvalue weighted by molar-refractivity contribution is 7.15. The lowest BCUT2D eigenvalue weighted by molar-refractivity contribution is 0.446. The summed E-state index contributed by atoms with van der Waals surface area (Å²) >= 11 is 1.84. The summed E-state index contributed by atoms with van der Waals surface area (Å²) in [7, 11) is 0. The molecule has 0 aromatic carbocycles. The number of aromatic nitrogens is 1. The van der Waals surface area contributed by atoms with Crippen molar-refractivity contribution in [2.75, 3.05) is 24.5 Å². The molecule has 0 aliphatic carbocycles. The van der Waals surface area contributed by atoms with Crippen LogP contribution < -0.4 is 10.2 Å². The van der Waals surface area contributed by atoms with Crippen molar-refractivity contribution in [3.05, 3.63) is 11.1 Å². The molecular formula is C13H23N3S. The summed E-state index contributed by atoms with van der Waals surface area (Å²) in [5.74, 6) is 0.814. The minimum absolute atomic E-state index is 0.814. The molecule has 96 valence electrons. The Morgan fingerprint density at radius 3 is 3.24 bits per heavy atom. The van der Waals surface area contributed by atoms with Crippen molar-refractivity contribution in [3.63, 3.8) is 0 Å². The highest BCUT2D eigenvalue weighted by atomic mass is 32.1. The van der Waals surface area contributed by atoms with Gasteiger partial charge in [0.1, 0.15) is 0 Å². The summed E-state index contributed by atoms with van der Waals surface area (Å²) in [6.45, 7) is 8.95. The van der Waals surface area contributed by atoms with Crippen LogP contribution in [0.1, 0.15) is 38.0 Å². The van der Waals surface area contributed by atoms with E-state index in [1.54, 1.807) is 0 Å². The van der Waals surface area contributed by atoms with E-state index in [4.69, 9.17) is 0 Å². The maximum atomic E-state index is 4.56. The van der Waals surface area contributed by atoms with E-state index < -0.39 is 0 Å². The first kappa shape index (κ1) is 12.8. The van der Waals surface area contributed by atoms with E-state index in [2.05, 4.69) is 29.0 Å². The van der Waals surface area contributed by atoms with E-state index in [-0.39, 0.29) is 0 Å². The first-order valence-electron chi connectivity index (χ1n) is 6.70. The fraction of sp³-hybridized carbons (Fsp3) is 0.769. The lowest BCUT2D eigenvalue weighted by atomic mass is 10.0. The second-order valence-electron chi connectivity index (χ2n) is 4.98. The van der Waals surface area contributed by atoms with Gasteiger partial charge in [-0.15, -0.1) is 11.3 Å². The Morgan fingerprint density at radius 2 is 2.47 bits per heavy atom. The van der Waals surface area contributed by atoms with Gasteiger partial charge in [0.15, 0.2) is 5.13 Å². The van der Waals surface area contributed by atoms with Crippen molar-refractivity contribution < 1.29 is 0 Å². The third kappa shape index (κ3) is 3.68. The Labute approximate surface area is 108 Å². The zero-order valence-corrected chi connectivity index (χ0v) is 11.7. The lowest BCUT2D eigenvalue weighted by Crippen LogP contribution is -2.34. The van der Waals surface area contributed by atoms with Crippen LogP contribution in [0.15, 0.2) is 6.20 Å². The van der Waals surface area contributed by atoms with E-state index >= 15 is 0 Å². The lowest BCUT2D eigenvalue weighted by Gasteiger charge is -2.30. The predicted molar refractivity (Wildman–Crippen MR) is 74.7 cm³/mol. The molecule has 1 saturated heterocycles. The first-order valence-corrected chi connectivity index (χ1v) is 7.51. The zero-order valence-electron chi connectivity index (χ0n) is 10.9. The summed E-state index contributed by atoms with van der Waals surface area (Å²) in [4.78, 5) is 8.36. The maximum Gasteiger partial charge on any atom is 0.185 e. The SMILES string of the molecule is CCCNCc1cnc(N2CCCC(C)C2)s1. The summed E-state index contributed by atoms with van der Waals surface area (Å²) in [5.41, 5.74) is 0. The minimum atomic E-state index is 0.814. The van der Waals surface area contributed by atoms with Gasteiger partial charge in [-0.2, -0.15) is 0 Å². The summed E-state index contributed by atoms with van der Waals surface area (Å²) in [5, 5.41) is 4.64. The van der Waals surface area contributed by atoms with Gasteiger partial charge in [0.2, 0.25) is 0 Å². The Bertz CT molecular complexity index is 337. The zero-order chi connectivity index (χ0) is 12.1. The summed E-state index contributed by atoms with van der Waals surface area (Å²) < 4.78 is 0. The number of hydrogen-bond acceptors (Lipinski definition) is 4. The molecule has 0 spiro atoms. The van der Waals surface area contributed by atoms with Crippen molar-refractivity contribution in [1.29, 1.82) is 0 Å². The van der Waals surface area contributed by atoms with Crippen LogP contribution in [0.25, 0.3) is 0 Å². The van der Waals surface area contributed by atoms with Crippen LogP contribution >= 0.6 is 11.3 Å². The molecule has 0 saturated carbocycles. The molecule has 1 aromatic rings. The average molecular weight is 253 g/mol. The Hall–Kier alpha value is -0.610. The molecule has 0 bridgehead atoms. The van der Waals surface area contributed by atoms with E-state index in [0.717, 1.165) is 19.0 Å². The molecule has 17 heavy (non-hydrogen) atoms. The topological polar surface area (TPSA) is 28.2 Å². The molecule has 0 radical (unpaired) electrons. The van der Waals surface area contributed by atoms with Gasteiger partial charge in [0.05, 0.1) is 0 Å². The van der Waals surface area contributed by atoms with Crippen LogP contribution in [0.4, 0.5) is 5.13 Å². The molecule has 0 amide bonds. The van der Waals surface area contributed by atoms with Crippen LogP contribution in [0, 0.1) is 5.92 Å². The number of anilines is 1. The molecule has 1 aliphatic rings. The molecule has 1 atom stereocenters. The van der Waals surface area contributed by atoms with Crippen molar-refractivity contribution in [3.8, 4) is 0 Å². The van der Waals surface area contributed by atoms with Crippen LogP contribution in [0.3, 0.4) is 0 Å². The Kier molecular flexibility index (Phi) is 4.80. The largest absolute Gasteiger partial charge is 0.348 e. The number of nitrogens with zero attached hydrogens (tertiary/aromatic N) is 2. The van der Waals surface area contributed by atoms with Crippen LogP contribution in [0.5, 0.6) is 0 Å². The van der Waals surface area contributed by atoms with E-state index in [1.165, 1.54) is 42.4 Å². The van der Waals surface area contributed by atoms with Crippen molar-refractivity contribution in [2.24, 2.45) is 5.92 Å². The Morgan fingerprint density at radius 1 is 1.59 bits per heavy atom. The molecule has 4 heteroatoms. The van der Waals surface area contributed by atoms with Crippen LogP contribution in [-0.2, 0) is 6.54 Å². The van der Waals surface area contributed by atoms with Gasteiger partial charge in [-0.3, -0.25) is 0 Å².